The minimum absolute atomic E-state index is 0.642. The molecule has 0 atom stereocenters. The number of hydrogen-bond acceptors (Lipinski definition) is 6. The number of aromatic nitrogens is 1. The number of thiazole rings is 1. The summed E-state index contributed by atoms with van der Waals surface area (Å²) in [6, 6.07) is 0. The van der Waals surface area contributed by atoms with Crippen LogP contribution < -0.4 is 4.90 Å². The summed E-state index contributed by atoms with van der Waals surface area (Å²) in [4.78, 5) is 17.6. The normalized spacial score (nSPS) is 10.5. The Morgan fingerprint density at radius 1 is 1.35 bits per heavy atom. The molecule has 1 aromatic rings. The summed E-state index contributed by atoms with van der Waals surface area (Å²) in [6.45, 7) is 2.98. The first kappa shape index (κ1) is 14.1. The predicted molar refractivity (Wildman–Crippen MR) is 68.1 cm³/mol. The zero-order valence-corrected chi connectivity index (χ0v) is 11.0. The minimum Gasteiger partial charge on any atom is -0.385 e. The Labute approximate surface area is 105 Å². The monoisotopic (exact) mass is 258 g/mol. The molecule has 0 amide bonds. The largest absolute Gasteiger partial charge is 0.385 e. The van der Waals surface area contributed by atoms with Crippen LogP contribution in [0.2, 0.25) is 0 Å². The third kappa shape index (κ3) is 4.80. The summed E-state index contributed by atoms with van der Waals surface area (Å²) in [5, 5.41) is 0.861. The number of anilines is 1. The Bertz CT molecular complexity index is 330. The van der Waals surface area contributed by atoms with E-state index in [0.29, 0.717) is 11.5 Å². The molecule has 5 nitrogen and oxygen atoms in total. The van der Waals surface area contributed by atoms with E-state index in [1.165, 1.54) is 11.3 Å². The Morgan fingerprint density at radius 2 is 2.12 bits per heavy atom. The van der Waals surface area contributed by atoms with Gasteiger partial charge >= 0.3 is 0 Å². The molecule has 1 rings (SSSR count). The van der Waals surface area contributed by atoms with Gasteiger partial charge in [0.25, 0.3) is 0 Å². The van der Waals surface area contributed by atoms with Crippen molar-refractivity contribution in [1.29, 1.82) is 0 Å². The quantitative estimate of drug-likeness (QED) is 0.495. The van der Waals surface area contributed by atoms with E-state index in [0.717, 1.165) is 37.5 Å². The van der Waals surface area contributed by atoms with Gasteiger partial charge < -0.3 is 14.4 Å². The van der Waals surface area contributed by atoms with Crippen molar-refractivity contribution in [1.82, 2.24) is 4.98 Å². The lowest BCUT2D eigenvalue weighted by Gasteiger charge is -2.21. The highest BCUT2D eigenvalue weighted by atomic mass is 32.1. The maximum absolute atomic E-state index is 10.6. The van der Waals surface area contributed by atoms with Crippen molar-refractivity contribution < 1.29 is 14.3 Å². The van der Waals surface area contributed by atoms with Gasteiger partial charge in [-0.25, -0.2) is 4.98 Å². The molecule has 0 fully saturated rings. The van der Waals surface area contributed by atoms with Gasteiger partial charge in [-0.3, -0.25) is 4.79 Å². The van der Waals surface area contributed by atoms with Crippen LogP contribution in [-0.4, -0.2) is 51.8 Å². The van der Waals surface area contributed by atoms with Crippen molar-refractivity contribution in [2.24, 2.45) is 0 Å². The molecule has 0 saturated heterocycles. The van der Waals surface area contributed by atoms with Gasteiger partial charge in [-0.1, -0.05) is 11.3 Å². The Kier molecular flexibility index (Phi) is 6.76. The summed E-state index contributed by atoms with van der Waals surface area (Å²) in [6.07, 6.45) is 3.35. The average Bonchev–Trinajstić information content (AvgIpc) is 2.82. The molecule has 0 N–H and O–H groups in total. The van der Waals surface area contributed by atoms with Crippen LogP contribution in [0.1, 0.15) is 16.1 Å². The van der Waals surface area contributed by atoms with Gasteiger partial charge in [0.1, 0.15) is 0 Å². The fourth-order valence-electron chi connectivity index (χ4n) is 1.38. The number of nitrogens with zero attached hydrogens (tertiary/aromatic N) is 2. The van der Waals surface area contributed by atoms with E-state index in [-0.39, 0.29) is 0 Å². The van der Waals surface area contributed by atoms with Crippen LogP contribution in [0.4, 0.5) is 5.13 Å². The summed E-state index contributed by atoms with van der Waals surface area (Å²) in [5.74, 6) is 0. The van der Waals surface area contributed by atoms with Gasteiger partial charge in [-0.15, -0.1) is 0 Å². The molecule has 0 aliphatic heterocycles. The summed E-state index contributed by atoms with van der Waals surface area (Å²) in [5.41, 5.74) is 0. The number of carbonyl (C=O) groups is 1. The van der Waals surface area contributed by atoms with E-state index in [1.807, 2.05) is 0 Å². The number of rotatable bonds is 9. The fraction of sp³-hybridized carbons (Fsp3) is 0.636. The Morgan fingerprint density at radius 3 is 2.71 bits per heavy atom. The van der Waals surface area contributed by atoms with Crippen LogP contribution in [0.15, 0.2) is 6.20 Å². The van der Waals surface area contributed by atoms with Crippen molar-refractivity contribution >= 4 is 22.8 Å². The molecule has 0 unspecified atom stereocenters. The predicted octanol–water partition coefficient (Wildman–Crippen LogP) is 1.44. The molecule has 96 valence electrons. The molecule has 0 saturated carbocycles. The zero-order valence-electron chi connectivity index (χ0n) is 10.2. The molecular weight excluding hydrogens is 240 g/mol. The van der Waals surface area contributed by atoms with Crippen LogP contribution >= 0.6 is 11.3 Å². The number of carbonyl (C=O) groups excluding carboxylic acids is 1. The topological polar surface area (TPSA) is 51.7 Å². The maximum atomic E-state index is 10.6. The fourth-order valence-corrected chi connectivity index (χ4v) is 2.16. The molecule has 0 spiro atoms. The first-order valence-corrected chi connectivity index (χ1v) is 6.27. The van der Waals surface area contributed by atoms with Crippen molar-refractivity contribution in [3.8, 4) is 0 Å². The second-order valence-electron chi connectivity index (χ2n) is 3.49. The maximum Gasteiger partial charge on any atom is 0.186 e. The highest BCUT2D eigenvalue weighted by Gasteiger charge is 2.10. The van der Waals surface area contributed by atoms with Gasteiger partial charge in [0.2, 0.25) is 0 Å². The SMILES string of the molecule is COCCCN(CCOC)c1ncc(C=O)s1. The molecule has 6 heteroatoms. The smallest absolute Gasteiger partial charge is 0.186 e. The van der Waals surface area contributed by atoms with E-state index < -0.39 is 0 Å². The lowest BCUT2D eigenvalue weighted by atomic mass is 10.4. The third-order valence-corrected chi connectivity index (χ3v) is 3.22. The lowest BCUT2D eigenvalue weighted by Crippen LogP contribution is -2.28. The summed E-state index contributed by atoms with van der Waals surface area (Å²) in [7, 11) is 3.36. The van der Waals surface area contributed by atoms with Crippen LogP contribution in [0.25, 0.3) is 0 Å². The molecule has 0 bridgehead atoms. The number of methoxy groups -OCH3 is 2. The highest BCUT2D eigenvalue weighted by Crippen LogP contribution is 2.21. The van der Waals surface area contributed by atoms with Gasteiger partial charge in [-0.2, -0.15) is 0 Å². The summed E-state index contributed by atoms with van der Waals surface area (Å²) < 4.78 is 10.1. The van der Waals surface area contributed by atoms with E-state index >= 15 is 0 Å². The second kappa shape index (κ2) is 8.16. The Balaban J connectivity index is 2.56. The first-order chi connectivity index (χ1) is 8.31. The molecule has 0 aliphatic carbocycles. The standard InChI is InChI=1S/C11H18N2O3S/c1-15-6-3-4-13(5-7-16-2)11-12-8-10(9-14)17-11/h8-9H,3-7H2,1-2H3. The highest BCUT2D eigenvalue weighted by molar-refractivity contribution is 7.17. The van der Waals surface area contributed by atoms with E-state index in [9.17, 15) is 4.79 Å². The van der Waals surface area contributed by atoms with Crippen LogP contribution in [0, 0.1) is 0 Å². The molecule has 1 heterocycles. The first-order valence-electron chi connectivity index (χ1n) is 5.45. The Hall–Kier alpha value is -0.980. The van der Waals surface area contributed by atoms with Gasteiger partial charge in [0.05, 0.1) is 17.7 Å². The number of aldehydes is 1. The number of ether oxygens (including phenoxy) is 2. The van der Waals surface area contributed by atoms with E-state index in [1.54, 1.807) is 20.4 Å². The lowest BCUT2D eigenvalue weighted by molar-refractivity contribution is 0.112. The van der Waals surface area contributed by atoms with Gasteiger partial charge in [0, 0.05) is 33.9 Å². The minimum atomic E-state index is 0.642. The molecule has 1 aromatic heterocycles. The van der Waals surface area contributed by atoms with E-state index in [4.69, 9.17) is 9.47 Å². The molecule has 0 radical (unpaired) electrons. The van der Waals surface area contributed by atoms with Crippen molar-refractivity contribution in [3.63, 3.8) is 0 Å². The van der Waals surface area contributed by atoms with Crippen LogP contribution in [0.5, 0.6) is 0 Å². The average molecular weight is 258 g/mol. The zero-order chi connectivity index (χ0) is 12.5. The van der Waals surface area contributed by atoms with Crippen molar-refractivity contribution in [2.45, 2.75) is 6.42 Å². The molecule has 0 aliphatic rings. The van der Waals surface area contributed by atoms with Gasteiger partial charge in [0.15, 0.2) is 11.4 Å². The van der Waals surface area contributed by atoms with E-state index in [2.05, 4.69) is 9.88 Å². The van der Waals surface area contributed by atoms with Gasteiger partial charge in [-0.05, 0) is 6.42 Å². The number of hydrogen-bond donors (Lipinski definition) is 0. The van der Waals surface area contributed by atoms with Crippen molar-refractivity contribution in [3.05, 3.63) is 11.1 Å². The molecular formula is C11H18N2O3S. The summed E-state index contributed by atoms with van der Waals surface area (Å²) >= 11 is 1.40. The third-order valence-electron chi connectivity index (χ3n) is 2.24. The van der Waals surface area contributed by atoms with Crippen LogP contribution in [0.3, 0.4) is 0 Å². The second-order valence-corrected chi connectivity index (χ2v) is 4.53. The van der Waals surface area contributed by atoms with Crippen molar-refractivity contribution in [2.75, 3.05) is 45.4 Å². The molecule has 17 heavy (non-hydrogen) atoms. The van der Waals surface area contributed by atoms with Crippen LogP contribution in [-0.2, 0) is 9.47 Å². The molecule has 0 aromatic carbocycles.